The third-order valence-corrected chi connectivity index (χ3v) is 3.67. The molecule has 128 valence electrons. The smallest absolute Gasteiger partial charge is 0.410 e. The van der Waals surface area contributed by atoms with E-state index in [-0.39, 0.29) is 12.0 Å². The van der Waals surface area contributed by atoms with Crippen molar-refractivity contribution in [1.29, 1.82) is 0 Å². The van der Waals surface area contributed by atoms with Gasteiger partial charge in [0, 0.05) is 19.5 Å². The van der Waals surface area contributed by atoms with Crippen LogP contribution in [0, 0.1) is 5.92 Å². The highest BCUT2D eigenvalue weighted by atomic mass is 16.6. The Kier molecular flexibility index (Phi) is 5.28. The number of esters is 1. The molecule has 2 rings (SSSR count). The van der Waals surface area contributed by atoms with E-state index in [2.05, 4.69) is 9.72 Å². The summed E-state index contributed by atoms with van der Waals surface area (Å²) in [6.45, 7) is 6.91. The molecule has 0 atom stereocenters. The number of oxazole rings is 1. The van der Waals surface area contributed by atoms with E-state index < -0.39 is 11.6 Å². The highest BCUT2D eigenvalue weighted by Crippen LogP contribution is 2.23. The van der Waals surface area contributed by atoms with Crippen molar-refractivity contribution in [2.75, 3.05) is 20.2 Å². The van der Waals surface area contributed by atoms with E-state index >= 15 is 0 Å². The summed E-state index contributed by atoms with van der Waals surface area (Å²) in [7, 11) is 1.29. The maximum absolute atomic E-state index is 12.0. The average molecular weight is 324 g/mol. The van der Waals surface area contributed by atoms with Crippen LogP contribution in [0.15, 0.2) is 10.6 Å². The zero-order chi connectivity index (χ0) is 17.0. The molecule has 1 fully saturated rings. The van der Waals surface area contributed by atoms with Crippen LogP contribution in [0.1, 0.15) is 50.1 Å². The van der Waals surface area contributed by atoms with Gasteiger partial charge in [-0.05, 0) is 39.5 Å². The van der Waals surface area contributed by atoms with Gasteiger partial charge in [-0.25, -0.2) is 14.6 Å². The van der Waals surface area contributed by atoms with Crippen LogP contribution in [-0.4, -0.2) is 47.7 Å². The molecule has 23 heavy (non-hydrogen) atoms. The van der Waals surface area contributed by atoms with Crippen molar-refractivity contribution < 1.29 is 23.5 Å². The molecule has 0 unspecified atom stereocenters. The predicted molar refractivity (Wildman–Crippen MR) is 82.1 cm³/mol. The summed E-state index contributed by atoms with van der Waals surface area (Å²) in [4.78, 5) is 29.0. The summed E-state index contributed by atoms with van der Waals surface area (Å²) >= 11 is 0. The fraction of sp³-hybridized carbons (Fsp3) is 0.688. The molecule has 1 aliphatic rings. The van der Waals surface area contributed by atoms with E-state index in [0.717, 1.165) is 12.8 Å². The van der Waals surface area contributed by atoms with Gasteiger partial charge in [-0.1, -0.05) is 0 Å². The monoisotopic (exact) mass is 324 g/mol. The Morgan fingerprint density at radius 1 is 1.35 bits per heavy atom. The van der Waals surface area contributed by atoms with Gasteiger partial charge in [-0.2, -0.15) is 0 Å². The standard InChI is InChI=1S/C16H24N2O5/c1-16(2,3)23-15(20)18-7-5-11(6-8-18)9-12-10-17-13(22-12)14(19)21-4/h10-11H,5-9H2,1-4H3. The van der Waals surface area contributed by atoms with Gasteiger partial charge in [0.2, 0.25) is 0 Å². The van der Waals surface area contributed by atoms with E-state index in [1.165, 1.54) is 7.11 Å². The van der Waals surface area contributed by atoms with E-state index in [4.69, 9.17) is 9.15 Å². The molecule has 7 nitrogen and oxygen atoms in total. The van der Waals surface area contributed by atoms with Crippen molar-refractivity contribution in [2.45, 2.75) is 45.6 Å². The third-order valence-electron chi connectivity index (χ3n) is 3.67. The number of carbonyl (C=O) groups excluding carboxylic acids is 2. The Balaban J connectivity index is 1.82. The number of piperidine rings is 1. The van der Waals surface area contributed by atoms with E-state index in [1.54, 1.807) is 11.1 Å². The van der Waals surface area contributed by atoms with Gasteiger partial charge in [0.25, 0.3) is 0 Å². The van der Waals surface area contributed by atoms with Gasteiger partial charge in [0.15, 0.2) is 0 Å². The van der Waals surface area contributed by atoms with Gasteiger partial charge in [-0.3, -0.25) is 0 Å². The molecule has 7 heteroatoms. The first-order valence-corrected chi connectivity index (χ1v) is 7.79. The molecule has 0 saturated carbocycles. The second-order valence-electron chi connectivity index (χ2n) is 6.74. The number of likely N-dealkylation sites (tertiary alicyclic amines) is 1. The van der Waals surface area contributed by atoms with Crippen molar-refractivity contribution >= 4 is 12.1 Å². The SMILES string of the molecule is COC(=O)c1ncc(CC2CCN(C(=O)OC(C)(C)C)CC2)o1. The molecule has 0 bridgehead atoms. The Hall–Kier alpha value is -2.05. The largest absolute Gasteiger partial charge is 0.462 e. The number of carbonyl (C=O) groups is 2. The topological polar surface area (TPSA) is 81.9 Å². The van der Waals surface area contributed by atoms with Crippen molar-refractivity contribution in [3.8, 4) is 0 Å². The Morgan fingerprint density at radius 3 is 2.57 bits per heavy atom. The zero-order valence-electron chi connectivity index (χ0n) is 14.1. The summed E-state index contributed by atoms with van der Waals surface area (Å²) in [6.07, 6.45) is 3.74. The second-order valence-corrected chi connectivity index (χ2v) is 6.74. The summed E-state index contributed by atoms with van der Waals surface area (Å²) in [5, 5.41) is 0. The van der Waals surface area contributed by atoms with Crippen molar-refractivity contribution in [3.63, 3.8) is 0 Å². The number of hydrogen-bond donors (Lipinski definition) is 0. The van der Waals surface area contributed by atoms with E-state index in [1.807, 2.05) is 20.8 Å². The maximum atomic E-state index is 12.0. The number of methoxy groups -OCH3 is 1. The van der Waals surface area contributed by atoms with Crippen LogP contribution in [0.25, 0.3) is 0 Å². The highest BCUT2D eigenvalue weighted by Gasteiger charge is 2.27. The molecule has 0 spiro atoms. The van der Waals surface area contributed by atoms with Crippen LogP contribution in [-0.2, 0) is 15.9 Å². The van der Waals surface area contributed by atoms with Crippen LogP contribution < -0.4 is 0 Å². The molecule has 0 N–H and O–H groups in total. The quantitative estimate of drug-likeness (QED) is 0.795. The first-order chi connectivity index (χ1) is 10.8. The number of ether oxygens (including phenoxy) is 2. The lowest BCUT2D eigenvalue weighted by Crippen LogP contribution is -2.42. The molecule has 0 aromatic carbocycles. The molecule has 1 saturated heterocycles. The molecule has 1 aliphatic heterocycles. The molecule has 2 heterocycles. The number of rotatable bonds is 3. The van der Waals surface area contributed by atoms with Crippen LogP contribution >= 0.6 is 0 Å². The summed E-state index contributed by atoms with van der Waals surface area (Å²) in [5.41, 5.74) is -0.474. The Morgan fingerprint density at radius 2 is 2.00 bits per heavy atom. The first kappa shape index (κ1) is 17.3. The van der Waals surface area contributed by atoms with Gasteiger partial charge < -0.3 is 18.8 Å². The minimum Gasteiger partial charge on any atom is -0.462 e. The number of amides is 1. The van der Waals surface area contributed by atoms with Crippen molar-refractivity contribution in [3.05, 3.63) is 17.8 Å². The predicted octanol–water partition coefficient (Wildman–Crippen LogP) is 2.65. The fourth-order valence-corrected chi connectivity index (χ4v) is 2.51. The van der Waals surface area contributed by atoms with Crippen LogP contribution in [0.2, 0.25) is 0 Å². The molecular weight excluding hydrogens is 300 g/mol. The fourth-order valence-electron chi connectivity index (χ4n) is 2.51. The molecular formula is C16H24N2O5. The van der Waals surface area contributed by atoms with Crippen molar-refractivity contribution in [1.82, 2.24) is 9.88 Å². The first-order valence-electron chi connectivity index (χ1n) is 7.79. The lowest BCUT2D eigenvalue weighted by atomic mass is 9.93. The molecule has 1 aromatic rings. The third kappa shape index (κ3) is 4.97. The van der Waals surface area contributed by atoms with Crippen LogP contribution in [0.3, 0.4) is 0 Å². The Bertz CT molecular complexity index is 553. The second kappa shape index (κ2) is 7.02. The Labute approximate surface area is 135 Å². The lowest BCUT2D eigenvalue weighted by molar-refractivity contribution is 0.0182. The summed E-state index contributed by atoms with van der Waals surface area (Å²) in [5.74, 6) is 0.470. The van der Waals surface area contributed by atoms with Crippen molar-refractivity contribution in [2.24, 2.45) is 5.92 Å². The number of hydrogen-bond acceptors (Lipinski definition) is 6. The zero-order valence-corrected chi connectivity index (χ0v) is 14.1. The normalized spacial score (nSPS) is 16.3. The minimum atomic E-state index is -0.573. The lowest BCUT2D eigenvalue weighted by Gasteiger charge is -2.33. The van der Waals surface area contributed by atoms with E-state index in [9.17, 15) is 9.59 Å². The summed E-state index contributed by atoms with van der Waals surface area (Å²) in [6, 6.07) is 0. The molecule has 1 amide bonds. The van der Waals surface area contributed by atoms with Gasteiger partial charge in [0.1, 0.15) is 11.4 Å². The van der Waals surface area contributed by atoms with Crippen LogP contribution in [0.4, 0.5) is 4.79 Å². The van der Waals surface area contributed by atoms with Gasteiger partial charge in [0.05, 0.1) is 13.3 Å². The number of aromatic nitrogens is 1. The van der Waals surface area contributed by atoms with Gasteiger partial charge in [-0.15, -0.1) is 0 Å². The summed E-state index contributed by atoms with van der Waals surface area (Å²) < 4.78 is 15.3. The van der Waals surface area contributed by atoms with E-state index in [0.29, 0.717) is 31.2 Å². The number of nitrogens with zero attached hydrogens (tertiary/aromatic N) is 2. The maximum Gasteiger partial charge on any atom is 0.410 e. The average Bonchev–Trinajstić information content (AvgIpc) is 2.94. The minimum absolute atomic E-state index is 0.0197. The van der Waals surface area contributed by atoms with Gasteiger partial charge >= 0.3 is 18.0 Å². The molecule has 0 radical (unpaired) electrons. The van der Waals surface area contributed by atoms with Crippen LogP contribution in [0.5, 0.6) is 0 Å². The molecule has 1 aromatic heterocycles. The highest BCUT2D eigenvalue weighted by molar-refractivity contribution is 5.83. The molecule has 0 aliphatic carbocycles.